The van der Waals surface area contributed by atoms with Gasteiger partial charge < -0.3 is 20.3 Å². The predicted molar refractivity (Wildman–Crippen MR) is 142 cm³/mol. The van der Waals surface area contributed by atoms with E-state index < -0.39 is 34.2 Å². The van der Waals surface area contributed by atoms with Gasteiger partial charge in [0.1, 0.15) is 18.2 Å². The third-order valence-corrected chi connectivity index (χ3v) is 7.85. The maximum atomic E-state index is 13.7. The summed E-state index contributed by atoms with van der Waals surface area (Å²) in [4.78, 5) is 20.0. The van der Waals surface area contributed by atoms with E-state index in [2.05, 4.69) is 9.97 Å². The van der Waals surface area contributed by atoms with Gasteiger partial charge in [-0.3, -0.25) is 0 Å². The molecule has 10 nitrogen and oxygen atoms in total. The van der Waals surface area contributed by atoms with Crippen molar-refractivity contribution in [3.8, 4) is 5.75 Å². The number of methoxy groups -OCH3 is 1. The van der Waals surface area contributed by atoms with Crippen molar-refractivity contribution in [3.63, 3.8) is 0 Å². The highest BCUT2D eigenvalue weighted by Gasteiger charge is 2.37. The molecule has 204 valence electrons. The van der Waals surface area contributed by atoms with Crippen LogP contribution in [0.15, 0.2) is 78.2 Å². The maximum absolute atomic E-state index is 13.7. The van der Waals surface area contributed by atoms with Crippen LogP contribution in [0.25, 0.3) is 0 Å². The average molecular weight is 543 g/mol. The van der Waals surface area contributed by atoms with Gasteiger partial charge in [0.25, 0.3) is 0 Å². The van der Waals surface area contributed by atoms with E-state index in [1.807, 2.05) is 44.2 Å². The van der Waals surface area contributed by atoms with Crippen LogP contribution in [0.3, 0.4) is 0 Å². The van der Waals surface area contributed by atoms with Gasteiger partial charge in [-0.25, -0.2) is 23.2 Å². The van der Waals surface area contributed by atoms with Crippen molar-refractivity contribution in [2.24, 2.45) is 17.6 Å². The summed E-state index contributed by atoms with van der Waals surface area (Å²) in [7, 11) is -2.48. The molecule has 38 heavy (non-hydrogen) atoms. The van der Waals surface area contributed by atoms with Gasteiger partial charge in [0.2, 0.25) is 10.0 Å². The molecular weight excluding hydrogens is 508 g/mol. The second-order valence-electron chi connectivity index (χ2n) is 9.34. The monoisotopic (exact) mass is 542 g/mol. The first-order chi connectivity index (χ1) is 18.1. The zero-order chi connectivity index (χ0) is 27.7. The second-order valence-corrected chi connectivity index (χ2v) is 11.3. The van der Waals surface area contributed by atoms with Crippen molar-refractivity contribution in [2.75, 3.05) is 20.2 Å². The number of carbonyl (C=O) groups excluding carboxylic acids is 1. The van der Waals surface area contributed by atoms with E-state index in [4.69, 9.17) is 15.2 Å². The number of aliphatic hydroxyl groups excluding tert-OH is 1. The Hall–Kier alpha value is -3.54. The molecule has 11 heteroatoms. The number of carbonyl (C=O) groups is 1. The molecule has 3 N–H and O–H groups in total. The highest BCUT2D eigenvalue weighted by atomic mass is 32.2. The van der Waals surface area contributed by atoms with Crippen LogP contribution < -0.4 is 10.5 Å². The number of amides is 1. The summed E-state index contributed by atoms with van der Waals surface area (Å²) < 4.78 is 39.2. The number of rotatable bonds is 13. The van der Waals surface area contributed by atoms with Crippen molar-refractivity contribution in [2.45, 2.75) is 37.4 Å². The Morgan fingerprint density at radius 3 is 2.21 bits per heavy atom. The van der Waals surface area contributed by atoms with Gasteiger partial charge in [-0.05, 0) is 42.2 Å². The number of ether oxygens (including phenoxy) is 2. The largest absolute Gasteiger partial charge is 0.497 e. The first kappa shape index (κ1) is 29.0. The Kier molecular flexibility index (Phi) is 10.2. The van der Waals surface area contributed by atoms with Gasteiger partial charge in [-0.1, -0.05) is 44.2 Å². The number of primary amides is 1. The zero-order valence-electron chi connectivity index (χ0n) is 21.7. The third-order valence-electron chi connectivity index (χ3n) is 6.01. The van der Waals surface area contributed by atoms with E-state index in [0.29, 0.717) is 11.3 Å². The molecule has 0 saturated carbocycles. The molecule has 0 aliphatic rings. The number of nitrogens with two attached hydrogens (primary N) is 1. The van der Waals surface area contributed by atoms with E-state index >= 15 is 0 Å². The fourth-order valence-corrected chi connectivity index (χ4v) is 5.86. The lowest BCUT2D eigenvalue weighted by atomic mass is 9.86. The molecule has 0 fully saturated rings. The van der Waals surface area contributed by atoms with Gasteiger partial charge in [-0.15, -0.1) is 0 Å². The third kappa shape index (κ3) is 7.73. The van der Waals surface area contributed by atoms with Crippen molar-refractivity contribution in [1.82, 2.24) is 14.3 Å². The molecule has 2 unspecified atom stereocenters. The number of hydrogen-bond donors (Lipinski definition) is 2. The zero-order valence-corrected chi connectivity index (χ0v) is 22.5. The molecule has 2 aromatic carbocycles. The maximum Gasteiger partial charge on any atom is 0.405 e. The standard InChI is InChI=1S/C27H34N4O6S/c1-19(2)16-31(38(34,35)23-11-9-22(36-3)10-12-23)17-25(32)24(13-20-7-5-4-6-8-20)26(37-27(28)33)21-14-29-18-30-15-21/h4-12,14-15,18-19,24-26,32H,13,16-17H2,1-3H3,(H2,28,33)/t24?,25-,26?/m0/s1. The summed E-state index contributed by atoms with van der Waals surface area (Å²) in [5, 5.41) is 11.6. The predicted octanol–water partition coefficient (Wildman–Crippen LogP) is 3.19. The number of benzene rings is 2. The van der Waals surface area contributed by atoms with Crippen LogP contribution in [0.1, 0.15) is 31.1 Å². The molecule has 3 atom stereocenters. The molecule has 3 aromatic rings. The molecule has 0 spiro atoms. The van der Waals surface area contributed by atoms with Crippen molar-refractivity contribution in [3.05, 3.63) is 84.4 Å². The van der Waals surface area contributed by atoms with Crippen molar-refractivity contribution in [1.29, 1.82) is 0 Å². The number of sulfonamides is 1. The Bertz CT molecular complexity index is 1260. The van der Waals surface area contributed by atoms with Crippen LogP contribution >= 0.6 is 0 Å². The fraction of sp³-hybridized carbons (Fsp3) is 0.370. The number of nitrogens with zero attached hydrogens (tertiary/aromatic N) is 3. The summed E-state index contributed by atoms with van der Waals surface area (Å²) in [6.45, 7) is 3.71. The van der Waals surface area contributed by atoms with Crippen LogP contribution in [0.5, 0.6) is 5.75 Å². The smallest absolute Gasteiger partial charge is 0.405 e. The summed E-state index contributed by atoms with van der Waals surface area (Å²) in [6, 6.07) is 15.4. The number of aliphatic hydroxyl groups is 1. The molecule has 1 aromatic heterocycles. The molecule has 0 radical (unpaired) electrons. The number of aromatic nitrogens is 2. The van der Waals surface area contributed by atoms with Gasteiger partial charge in [0, 0.05) is 37.0 Å². The lowest BCUT2D eigenvalue weighted by molar-refractivity contribution is -0.00660. The molecule has 0 aliphatic heterocycles. The lowest BCUT2D eigenvalue weighted by Crippen LogP contribution is -2.44. The Morgan fingerprint density at radius 1 is 1.03 bits per heavy atom. The lowest BCUT2D eigenvalue weighted by Gasteiger charge is -2.34. The molecule has 3 rings (SSSR count). The van der Waals surface area contributed by atoms with Gasteiger partial charge in [0.05, 0.1) is 18.1 Å². The molecular formula is C27H34N4O6S. The quantitative estimate of drug-likeness (QED) is 0.335. The summed E-state index contributed by atoms with van der Waals surface area (Å²) in [6.07, 6.45) is 1.26. The van der Waals surface area contributed by atoms with Gasteiger partial charge >= 0.3 is 6.09 Å². The first-order valence-corrected chi connectivity index (χ1v) is 13.6. The van der Waals surface area contributed by atoms with E-state index in [1.54, 1.807) is 12.1 Å². The van der Waals surface area contributed by atoms with Crippen molar-refractivity contribution >= 4 is 16.1 Å². The molecule has 1 heterocycles. The Morgan fingerprint density at radius 2 is 1.66 bits per heavy atom. The highest BCUT2D eigenvalue weighted by Crippen LogP contribution is 2.32. The van der Waals surface area contributed by atoms with Crippen LogP contribution in [0.2, 0.25) is 0 Å². The van der Waals surface area contributed by atoms with Crippen LogP contribution in [0, 0.1) is 11.8 Å². The van der Waals surface area contributed by atoms with Crippen LogP contribution in [0.4, 0.5) is 4.79 Å². The minimum atomic E-state index is -3.98. The molecule has 0 aliphatic carbocycles. The minimum Gasteiger partial charge on any atom is -0.497 e. The van der Waals surface area contributed by atoms with Crippen LogP contribution in [-0.2, 0) is 21.2 Å². The van der Waals surface area contributed by atoms with Crippen molar-refractivity contribution < 1.29 is 27.8 Å². The summed E-state index contributed by atoms with van der Waals surface area (Å²) >= 11 is 0. The Balaban J connectivity index is 2.00. The van der Waals surface area contributed by atoms with E-state index in [9.17, 15) is 18.3 Å². The fourth-order valence-electron chi connectivity index (χ4n) is 4.24. The molecule has 0 saturated heterocycles. The van der Waals surface area contributed by atoms with E-state index in [0.717, 1.165) is 5.56 Å². The highest BCUT2D eigenvalue weighted by molar-refractivity contribution is 7.89. The molecule has 0 bridgehead atoms. The SMILES string of the molecule is COc1ccc(S(=O)(=O)N(CC(C)C)C[C@H](O)C(Cc2ccccc2)C(OC(N)=O)c2cncnc2)cc1. The second kappa shape index (κ2) is 13.3. The molecule has 1 amide bonds. The summed E-state index contributed by atoms with van der Waals surface area (Å²) in [5.41, 5.74) is 6.69. The van der Waals surface area contributed by atoms with Gasteiger partial charge in [0.15, 0.2) is 0 Å². The topological polar surface area (TPSA) is 145 Å². The minimum absolute atomic E-state index is 0.0250. The van der Waals surface area contributed by atoms with Crippen LogP contribution in [-0.4, -0.2) is 60.2 Å². The average Bonchev–Trinajstić information content (AvgIpc) is 2.91. The van der Waals surface area contributed by atoms with Gasteiger partial charge in [-0.2, -0.15) is 4.31 Å². The van der Waals surface area contributed by atoms with E-state index in [-0.39, 0.29) is 30.3 Å². The van der Waals surface area contributed by atoms with E-state index in [1.165, 1.54) is 42.3 Å². The number of hydrogen-bond acceptors (Lipinski definition) is 8. The normalized spacial score (nSPS) is 14.2. The first-order valence-electron chi connectivity index (χ1n) is 12.2. The Labute approximate surface area is 223 Å². The summed E-state index contributed by atoms with van der Waals surface area (Å²) in [5.74, 6) is -0.265.